The van der Waals surface area contributed by atoms with E-state index in [9.17, 15) is 14.7 Å². The molecule has 3 heterocycles. The molecule has 0 bridgehead atoms. The zero-order valence-electron chi connectivity index (χ0n) is 25.3. The number of aryl methyl sites for hydroxylation is 2. The summed E-state index contributed by atoms with van der Waals surface area (Å²) in [5.74, 6) is 0.322. The second kappa shape index (κ2) is 13.4. The molecule has 1 aliphatic rings. The van der Waals surface area contributed by atoms with Crippen molar-refractivity contribution in [3.05, 3.63) is 106 Å². The lowest BCUT2D eigenvalue weighted by atomic mass is 9.95. The number of aliphatic hydroxyl groups is 1. The molecule has 5 rings (SSSR count). The van der Waals surface area contributed by atoms with Gasteiger partial charge in [-0.1, -0.05) is 54.6 Å². The van der Waals surface area contributed by atoms with Crippen LogP contribution in [0.15, 0.2) is 83.9 Å². The Morgan fingerprint density at radius 1 is 1.02 bits per heavy atom. The van der Waals surface area contributed by atoms with Gasteiger partial charge in [0.25, 0.3) is 5.56 Å². The fraction of sp³-hybridized carbons (Fsp3) is 0.424. The number of pyridine rings is 1. The molecule has 5 atom stereocenters. The molecule has 2 N–H and O–H groups in total. The maximum atomic E-state index is 12.6. The highest BCUT2D eigenvalue weighted by Gasteiger charge is 2.49. The van der Waals surface area contributed by atoms with Crippen molar-refractivity contribution in [3.8, 4) is 11.4 Å². The molecule has 2 aromatic heterocycles. The molecule has 1 unspecified atom stereocenters. The largest absolute Gasteiger partial charge is 0.491 e. The summed E-state index contributed by atoms with van der Waals surface area (Å²) in [4.78, 5) is 23.8. The smallest absolute Gasteiger partial charge is 0.297 e. The van der Waals surface area contributed by atoms with Gasteiger partial charge in [0.15, 0.2) is 14.1 Å². The van der Waals surface area contributed by atoms with E-state index in [1.54, 1.807) is 22.9 Å². The van der Waals surface area contributed by atoms with Crippen molar-refractivity contribution in [3.63, 3.8) is 0 Å². The van der Waals surface area contributed by atoms with Crippen LogP contribution >= 0.6 is 0 Å². The normalized spacial score (nSPS) is 21.2. The second-order valence-corrected chi connectivity index (χ2v) is 16.0. The minimum atomic E-state index is -2.51. The lowest BCUT2D eigenvalue weighted by Gasteiger charge is -2.30. The summed E-state index contributed by atoms with van der Waals surface area (Å²) in [7, 11) is -1.01. The van der Waals surface area contributed by atoms with Gasteiger partial charge >= 0.3 is 0 Å². The Labute approximate surface area is 253 Å². The van der Waals surface area contributed by atoms with Crippen LogP contribution in [0, 0.1) is 5.92 Å². The minimum absolute atomic E-state index is 0.0394. The van der Waals surface area contributed by atoms with E-state index in [-0.39, 0.29) is 41.8 Å². The molecular formula is C33H42N4O5Si. The lowest BCUT2D eigenvalue weighted by Crippen LogP contribution is -2.40. The van der Waals surface area contributed by atoms with Gasteiger partial charge in [0.2, 0.25) is 0 Å². The third-order valence-corrected chi connectivity index (χ3v) is 11.3. The van der Waals surface area contributed by atoms with E-state index in [2.05, 4.69) is 29.4 Å². The number of benzene rings is 2. The van der Waals surface area contributed by atoms with Gasteiger partial charge in [-0.05, 0) is 73.7 Å². The molecule has 0 aliphatic carbocycles. The standard InChI is InChI=1S/C33H42N4O5Si/c1-23-29(17-14-24-12-15-26(16-13-24)37-19-8-11-31(41-2)33(37)39)42-30(32(23)43(3,4)40)18-20-36-21-28(34-35-36)27(22-38)25-9-6-5-7-10-25/h5-13,15-16,19,21,23,27,29-30,32,38,40H,14,17-18,20,22H2,1-4H3/t23-,27?,29+,30-,32+/m0/s1. The summed E-state index contributed by atoms with van der Waals surface area (Å²) >= 11 is 0. The quantitative estimate of drug-likeness (QED) is 0.229. The Balaban J connectivity index is 1.22. The van der Waals surface area contributed by atoms with Crippen LogP contribution in [0.25, 0.3) is 5.69 Å². The monoisotopic (exact) mass is 602 g/mol. The number of aromatic nitrogens is 4. The van der Waals surface area contributed by atoms with Crippen molar-refractivity contribution < 1.29 is 19.4 Å². The van der Waals surface area contributed by atoms with E-state index < -0.39 is 8.32 Å². The highest BCUT2D eigenvalue weighted by Crippen LogP contribution is 2.45. The Bertz CT molecular complexity index is 1530. The molecule has 9 nitrogen and oxygen atoms in total. The molecular weight excluding hydrogens is 560 g/mol. The number of hydrogen-bond acceptors (Lipinski definition) is 7. The molecule has 4 aromatic rings. The third-order valence-electron chi connectivity index (χ3n) is 8.72. The summed E-state index contributed by atoms with van der Waals surface area (Å²) in [6.45, 7) is 6.80. The van der Waals surface area contributed by atoms with Gasteiger partial charge in [0.1, 0.15) is 0 Å². The number of hydrogen-bond donors (Lipinski definition) is 2. The lowest BCUT2D eigenvalue weighted by molar-refractivity contribution is 0.0245. The fourth-order valence-electron chi connectivity index (χ4n) is 6.54. The first-order chi connectivity index (χ1) is 20.7. The van der Waals surface area contributed by atoms with E-state index in [0.29, 0.717) is 12.3 Å². The van der Waals surface area contributed by atoms with Crippen LogP contribution in [0.1, 0.15) is 42.5 Å². The van der Waals surface area contributed by atoms with E-state index in [1.165, 1.54) is 12.7 Å². The predicted octanol–water partition coefficient (Wildman–Crippen LogP) is 4.56. The molecule has 10 heteroatoms. The zero-order valence-corrected chi connectivity index (χ0v) is 26.3. The topological polar surface area (TPSA) is 112 Å². The summed E-state index contributed by atoms with van der Waals surface area (Å²) in [5.41, 5.74) is 3.62. The van der Waals surface area contributed by atoms with Gasteiger partial charge < -0.3 is 19.4 Å². The molecule has 2 aromatic carbocycles. The Morgan fingerprint density at radius 3 is 2.44 bits per heavy atom. The molecule has 0 radical (unpaired) electrons. The van der Waals surface area contributed by atoms with Gasteiger partial charge in [-0.15, -0.1) is 5.10 Å². The maximum Gasteiger partial charge on any atom is 0.297 e. The van der Waals surface area contributed by atoms with Crippen molar-refractivity contribution in [2.24, 2.45) is 5.92 Å². The van der Waals surface area contributed by atoms with E-state index in [1.807, 2.05) is 66.4 Å². The van der Waals surface area contributed by atoms with Crippen LogP contribution in [0.4, 0.5) is 0 Å². The second-order valence-electron chi connectivity index (χ2n) is 12.0. The number of rotatable bonds is 12. The number of ether oxygens (including phenoxy) is 2. The highest BCUT2D eigenvalue weighted by molar-refractivity contribution is 6.71. The third kappa shape index (κ3) is 6.99. The van der Waals surface area contributed by atoms with Crippen LogP contribution in [0.3, 0.4) is 0 Å². The summed E-state index contributed by atoms with van der Waals surface area (Å²) < 4.78 is 15.2. The number of nitrogens with zero attached hydrogens (tertiary/aromatic N) is 4. The van der Waals surface area contributed by atoms with Crippen LogP contribution in [0.5, 0.6) is 5.75 Å². The van der Waals surface area contributed by atoms with E-state index >= 15 is 0 Å². The average Bonchev–Trinajstić information content (AvgIpc) is 3.60. The summed E-state index contributed by atoms with van der Waals surface area (Å²) in [6, 6.07) is 21.3. The average molecular weight is 603 g/mol. The van der Waals surface area contributed by atoms with Crippen molar-refractivity contribution in [2.45, 2.75) is 69.5 Å². The summed E-state index contributed by atoms with van der Waals surface area (Å²) in [6.07, 6.45) is 6.03. The van der Waals surface area contributed by atoms with Crippen LogP contribution in [-0.4, -0.2) is 63.7 Å². The highest BCUT2D eigenvalue weighted by atomic mass is 28.4. The molecule has 0 amide bonds. The molecule has 43 heavy (non-hydrogen) atoms. The Morgan fingerprint density at radius 2 is 1.77 bits per heavy atom. The molecule has 1 fully saturated rings. The first-order valence-corrected chi connectivity index (χ1v) is 18.0. The van der Waals surface area contributed by atoms with Gasteiger partial charge in [0.05, 0.1) is 37.5 Å². The zero-order chi connectivity index (χ0) is 30.6. The minimum Gasteiger partial charge on any atom is -0.491 e. The van der Waals surface area contributed by atoms with E-state index in [0.717, 1.165) is 36.2 Å². The van der Waals surface area contributed by atoms with Crippen molar-refractivity contribution in [1.82, 2.24) is 19.6 Å². The maximum absolute atomic E-state index is 12.6. The first-order valence-electron chi connectivity index (χ1n) is 15.0. The van der Waals surface area contributed by atoms with Gasteiger partial charge in [-0.25, -0.2) is 0 Å². The van der Waals surface area contributed by atoms with Gasteiger partial charge in [0, 0.05) is 30.2 Å². The fourth-order valence-corrected chi connectivity index (χ4v) is 9.20. The van der Waals surface area contributed by atoms with Crippen LogP contribution in [0.2, 0.25) is 18.6 Å². The van der Waals surface area contributed by atoms with Crippen molar-refractivity contribution in [2.75, 3.05) is 13.7 Å². The van der Waals surface area contributed by atoms with Crippen molar-refractivity contribution >= 4 is 8.32 Å². The van der Waals surface area contributed by atoms with E-state index in [4.69, 9.17) is 9.47 Å². The number of aliphatic hydroxyl groups excluding tert-OH is 1. The number of methoxy groups -OCH3 is 1. The SMILES string of the molecule is COc1cccn(-c2ccc(CC[C@H]3O[C@@H](CCn4cc(C(CO)c5ccccc5)nn4)[C@H]([Si](C)(C)O)[C@H]3C)cc2)c1=O. The van der Waals surface area contributed by atoms with Gasteiger partial charge in [-0.2, -0.15) is 0 Å². The predicted molar refractivity (Wildman–Crippen MR) is 168 cm³/mol. The van der Waals surface area contributed by atoms with Crippen molar-refractivity contribution in [1.29, 1.82) is 0 Å². The summed E-state index contributed by atoms with van der Waals surface area (Å²) in [5, 5.41) is 18.7. The molecule has 0 spiro atoms. The van der Waals surface area contributed by atoms with Crippen LogP contribution in [-0.2, 0) is 17.7 Å². The molecule has 228 valence electrons. The molecule has 0 saturated carbocycles. The van der Waals surface area contributed by atoms with Crippen LogP contribution < -0.4 is 10.3 Å². The molecule has 1 aliphatic heterocycles. The Kier molecular flexibility index (Phi) is 9.61. The molecule has 1 saturated heterocycles. The Hall–Kier alpha value is -3.57. The van der Waals surface area contributed by atoms with Gasteiger partial charge in [-0.3, -0.25) is 14.0 Å². The first kappa shape index (κ1) is 30.9.